The van der Waals surface area contributed by atoms with Crippen molar-refractivity contribution in [2.75, 3.05) is 31.6 Å². The van der Waals surface area contributed by atoms with E-state index in [2.05, 4.69) is 17.2 Å². The summed E-state index contributed by atoms with van der Waals surface area (Å²) in [6.45, 7) is 5.88. The van der Waals surface area contributed by atoms with Crippen LogP contribution in [0.3, 0.4) is 0 Å². The zero-order valence-corrected chi connectivity index (χ0v) is 11.7. The van der Waals surface area contributed by atoms with Crippen LogP contribution in [-0.2, 0) is 0 Å². The molecule has 0 aliphatic heterocycles. The summed E-state index contributed by atoms with van der Waals surface area (Å²) >= 11 is 0. The Balaban J connectivity index is 2.89. The third kappa shape index (κ3) is 4.52. The van der Waals surface area contributed by atoms with Crippen LogP contribution in [0.2, 0.25) is 0 Å². The van der Waals surface area contributed by atoms with Crippen LogP contribution in [-0.4, -0.2) is 47.1 Å². The first-order chi connectivity index (χ1) is 9.24. The van der Waals surface area contributed by atoms with Crippen LogP contribution >= 0.6 is 0 Å². The van der Waals surface area contributed by atoms with Crippen molar-refractivity contribution in [1.82, 2.24) is 9.88 Å². The molecule has 0 atom stereocenters. The molecular formula is C14H23N3O2. The maximum absolute atomic E-state index is 12.4. The number of nitrogens with one attached hydrogen (secondary N) is 1. The minimum Gasteiger partial charge on any atom is -0.395 e. The van der Waals surface area contributed by atoms with Crippen LogP contribution in [0.4, 0.5) is 5.69 Å². The molecule has 0 aliphatic carbocycles. The van der Waals surface area contributed by atoms with E-state index in [0.29, 0.717) is 18.7 Å². The second-order valence-corrected chi connectivity index (χ2v) is 4.36. The molecule has 0 saturated heterocycles. The molecular weight excluding hydrogens is 242 g/mol. The summed E-state index contributed by atoms with van der Waals surface area (Å²) < 4.78 is 0. The molecule has 5 heteroatoms. The van der Waals surface area contributed by atoms with Crippen LogP contribution in [0.25, 0.3) is 0 Å². The fourth-order valence-electron chi connectivity index (χ4n) is 1.85. The Morgan fingerprint density at radius 2 is 2.16 bits per heavy atom. The Hall–Kier alpha value is -1.62. The number of aliphatic hydroxyl groups excluding tert-OH is 1. The highest BCUT2D eigenvalue weighted by molar-refractivity contribution is 5.99. The van der Waals surface area contributed by atoms with Crippen molar-refractivity contribution in [1.29, 1.82) is 0 Å². The van der Waals surface area contributed by atoms with Crippen LogP contribution in [0.5, 0.6) is 0 Å². The highest BCUT2D eigenvalue weighted by Gasteiger charge is 2.17. The monoisotopic (exact) mass is 265 g/mol. The van der Waals surface area contributed by atoms with Gasteiger partial charge in [-0.15, -0.1) is 0 Å². The van der Waals surface area contributed by atoms with Crippen molar-refractivity contribution < 1.29 is 9.90 Å². The van der Waals surface area contributed by atoms with Gasteiger partial charge in [0.2, 0.25) is 0 Å². The average Bonchev–Trinajstić information content (AvgIpc) is 2.44. The average molecular weight is 265 g/mol. The molecule has 1 rings (SSSR count). The zero-order chi connectivity index (χ0) is 14.1. The van der Waals surface area contributed by atoms with Crippen molar-refractivity contribution in [2.24, 2.45) is 0 Å². The largest absolute Gasteiger partial charge is 0.395 e. The van der Waals surface area contributed by atoms with Crippen molar-refractivity contribution in [2.45, 2.75) is 26.7 Å². The quantitative estimate of drug-likeness (QED) is 0.751. The molecule has 0 saturated carbocycles. The standard InChI is InChI=1S/C14H23N3O2/c1-3-6-16-13-5-7-15-11-12(13)14(19)17(8-4-2)9-10-18/h5,7,11,18H,3-4,6,8-10H2,1-2H3,(H,15,16). The van der Waals surface area contributed by atoms with Gasteiger partial charge in [0.15, 0.2) is 0 Å². The normalized spacial score (nSPS) is 10.3. The third-order valence-electron chi connectivity index (χ3n) is 2.77. The van der Waals surface area contributed by atoms with E-state index in [1.54, 1.807) is 17.3 Å². The minimum atomic E-state index is -0.0809. The Kier molecular flexibility index (Phi) is 6.89. The van der Waals surface area contributed by atoms with Gasteiger partial charge in [0.05, 0.1) is 17.9 Å². The van der Waals surface area contributed by atoms with E-state index in [4.69, 9.17) is 5.11 Å². The second-order valence-electron chi connectivity index (χ2n) is 4.36. The molecule has 1 amide bonds. The number of anilines is 1. The van der Waals surface area contributed by atoms with Crippen molar-refractivity contribution >= 4 is 11.6 Å². The summed E-state index contributed by atoms with van der Waals surface area (Å²) in [5.41, 5.74) is 1.37. The van der Waals surface area contributed by atoms with E-state index in [0.717, 1.165) is 25.1 Å². The predicted octanol–water partition coefficient (Wildman–Crippen LogP) is 1.75. The summed E-state index contributed by atoms with van der Waals surface area (Å²) in [6, 6.07) is 1.81. The molecule has 0 unspecified atom stereocenters. The topological polar surface area (TPSA) is 65.5 Å². The van der Waals surface area contributed by atoms with Gasteiger partial charge in [-0.1, -0.05) is 13.8 Å². The highest BCUT2D eigenvalue weighted by Crippen LogP contribution is 2.16. The Morgan fingerprint density at radius 3 is 2.79 bits per heavy atom. The number of carbonyl (C=O) groups excluding carboxylic acids is 1. The lowest BCUT2D eigenvalue weighted by Gasteiger charge is -2.22. The van der Waals surface area contributed by atoms with Gasteiger partial charge in [0.1, 0.15) is 0 Å². The molecule has 0 radical (unpaired) electrons. The van der Waals surface area contributed by atoms with Crippen LogP contribution in [0, 0.1) is 0 Å². The molecule has 0 spiro atoms. The van der Waals surface area contributed by atoms with Crippen LogP contribution < -0.4 is 5.32 Å². The molecule has 5 nitrogen and oxygen atoms in total. The SMILES string of the molecule is CCCNc1ccncc1C(=O)N(CCC)CCO. The number of hydrogen-bond acceptors (Lipinski definition) is 4. The number of aliphatic hydroxyl groups is 1. The Bertz CT molecular complexity index is 390. The highest BCUT2D eigenvalue weighted by atomic mass is 16.3. The van der Waals surface area contributed by atoms with E-state index >= 15 is 0 Å². The van der Waals surface area contributed by atoms with Gasteiger partial charge >= 0.3 is 0 Å². The first-order valence-corrected chi connectivity index (χ1v) is 6.82. The van der Waals surface area contributed by atoms with E-state index in [1.165, 1.54) is 0 Å². The lowest BCUT2D eigenvalue weighted by molar-refractivity contribution is 0.0722. The number of hydrogen-bond donors (Lipinski definition) is 2. The first kappa shape index (κ1) is 15.4. The van der Waals surface area contributed by atoms with Crippen molar-refractivity contribution in [3.8, 4) is 0 Å². The smallest absolute Gasteiger partial charge is 0.257 e. The number of rotatable bonds is 8. The van der Waals surface area contributed by atoms with Gasteiger partial charge in [0, 0.05) is 32.0 Å². The van der Waals surface area contributed by atoms with Gasteiger partial charge < -0.3 is 15.3 Å². The summed E-state index contributed by atoms with van der Waals surface area (Å²) in [5, 5.41) is 12.3. The van der Waals surface area contributed by atoms with Gasteiger partial charge in [-0.25, -0.2) is 0 Å². The van der Waals surface area contributed by atoms with E-state index in [1.807, 2.05) is 13.0 Å². The van der Waals surface area contributed by atoms with E-state index in [-0.39, 0.29) is 12.5 Å². The summed E-state index contributed by atoms with van der Waals surface area (Å²) in [7, 11) is 0. The third-order valence-corrected chi connectivity index (χ3v) is 2.77. The second kappa shape index (κ2) is 8.48. The maximum Gasteiger partial charge on any atom is 0.257 e. The van der Waals surface area contributed by atoms with Gasteiger partial charge in [-0.05, 0) is 18.9 Å². The maximum atomic E-state index is 12.4. The van der Waals surface area contributed by atoms with Crippen molar-refractivity contribution in [3.63, 3.8) is 0 Å². The van der Waals surface area contributed by atoms with Gasteiger partial charge in [0.25, 0.3) is 5.91 Å². The van der Waals surface area contributed by atoms with Gasteiger partial charge in [-0.2, -0.15) is 0 Å². The lowest BCUT2D eigenvalue weighted by Crippen LogP contribution is -2.34. The molecule has 2 N–H and O–H groups in total. The molecule has 0 aliphatic rings. The summed E-state index contributed by atoms with van der Waals surface area (Å²) in [5.74, 6) is -0.0809. The lowest BCUT2D eigenvalue weighted by atomic mass is 10.2. The molecule has 1 aromatic heterocycles. The summed E-state index contributed by atoms with van der Waals surface area (Å²) in [4.78, 5) is 18.1. The number of pyridine rings is 1. The van der Waals surface area contributed by atoms with Crippen LogP contribution in [0.1, 0.15) is 37.0 Å². The van der Waals surface area contributed by atoms with Crippen LogP contribution in [0.15, 0.2) is 18.5 Å². The molecule has 19 heavy (non-hydrogen) atoms. The van der Waals surface area contributed by atoms with Crippen molar-refractivity contribution in [3.05, 3.63) is 24.0 Å². The first-order valence-electron chi connectivity index (χ1n) is 6.82. The Labute approximate surface area is 114 Å². The number of nitrogens with zero attached hydrogens (tertiary/aromatic N) is 2. The fraction of sp³-hybridized carbons (Fsp3) is 0.571. The predicted molar refractivity (Wildman–Crippen MR) is 76.3 cm³/mol. The summed E-state index contributed by atoms with van der Waals surface area (Å²) in [6.07, 6.45) is 5.11. The molecule has 0 fully saturated rings. The molecule has 1 heterocycles. The zero-order valence-electron chi connectivity index (χ0n) is 11.7. The fourth-order valence-corrected chi connectivity index (χ4v) is 1.85. The molecule has 1 aromatic rings. The molecule has 106 valence electrons. The molecule has 0 bridgehead atoms. The minimum absolute atomic E-state index is 0.0241. The molecule has 0 aromatic carbocycles. The van der Waals surface area contributed by atoms with Gasteiger partial charge in [-0.3, -0.25) is 9.78 Å². The van der Waals surface area contributed by atoms with E-state index < -0.39 is 0 Å². The van der Waals surface area contributed by atoms with E-state index in [9.17, 15) is 4.79 Å². The number of aromatic nitrogens is 1. The number of carbonyl (C=O) groups is 1. The Morgan fingerprint density at radius 1 is 1.37 bits per heavy atom. The number of amides is 1.